The van der Waals surface area contributed by atoms with Gasteiger partial charge in [0.15, 0.2) is 5.78 Å². The molecular formula is C15H13IO3. The van der Waals surface area contributed by atoms with Gasteiger partial charge < -0.3 is 9.47 Å². The molecule has 19 heavy (non-hydrogen) atoms. The Labute approximate surface area is 125 Å². The van der Waals surface area contributed by atoms with Crippen molar-refractivity contribution in [3.05, 3.63) is 57.2 Å². The van der Waals surface area contributed by atoms with Crippen molar-refractivity contribution in [2.45, 2.75) is 0 Å². The average Bonchev–Trinajstić information content (AvgIpc) is 2.46. The van der Waals surface area contributed by atoms with Crippen LogP contribution >= 0.6 is 22.6 Å². The van der Waals surface area contributed by atoms with Gasteiger partial charge in [-0.3, -0.25) is 4.79 Å². The van der Waals surface area contributed by atoms with Gasteiger partial charge in [-0.2, -0.15) is 0 Å². The SMILES string of the molecule is COc1cc(OC)cc(C(=O)c2ccc(I)cc2)c1. The minimum Gasteiger partial charge on any atom is -0.497 e. The highest BCUT2D eigenvalue weighted by Crippen LogP contribution is 2.24. The summed E-state index contributed by atoms with van der Waals surface area (Å²) in [5.41, 5.74) is 1.20. The molecular weight excluding hydrogens is 355 g/mol. The van der Waals surface area contributed by atoms with Crippen LogP contribution in [0.3, 0.4) is 0 Å². The molecule has 0 amide bonds. The van der Waals surface area contributed by atoms with Crippen LogP contribution in [-0.2, 0) is 0 Å². The Kier molecular flexibility index (Phi) is 4.42. The first-order chi connectivity index (χ1) is 9.13. The molecule has 0 radical (unpaired) electrons. The van der Waals surface area contributed by atoms with Gasteiger partial charge in [-0.05, 0) is 59.0 Å². The van der Waals surface area contributed by atoms with E-state index in [1.807, 2.05) is 24.3 Å². The molecule has 0 saturated heterocycles. The largest absolute Gasteiger partial charge is 0.497 e. The number of rotatable bonds is 4. The van der Waals surface area contributed by atoms with Gasteiger partial charge in [0.05, 0.1) is 14.2 Å². The molecule has 0 aliphatic rings. The summed E-state index contributed by atoms with van der Waals surface area (Å²) in [4.78, 5) is 12.4. The molecule has 98 valence electrons. The van der Waals surface area contributed by atoms with Crippen LogP contribution in [0, 0.1) is 3.57 Å². The van der Waals surface area contributed by atoms with E-state index in [2.05, 4.69) is 22.6 Å². The first-order valence-corrected chi connectivity index (χ1v) is 6.75. The fourth-order valence-electron chi connectivity index (χ4n) is 1.71. The van der Waals surface area contributed by atoms with E-state index in [1.165, 1.54) is 0 Å². The third-order valence-corrected chi connectivity index (χ3v) is 3.44. The van der Waals surface area contributed by atoms with E-state index >= 15 is 0 Å². The molecule has 2 rings (SSSR count). The van der Waals surface area contributed by atoms with Crippen molar-refractivity contribution in [1.82, 2.24) is 0 Å². The van der Waals surface area contributed by atoms with E-state index in [0.717, 1.165) is 3.57 Å². The Morgan fingerprint density at radius 1 is 0.895 bits per heavy atom. The molecule has 0 heterocycles. The first-order valence-electron chi connectivity index (χ1n) is 5.67. The number of hydrogen-bond donors (Lipinski definition) is 0. The minimum atomic E-state index is -0.0476. The van der Waals surface area contributed by atoms with Crippen LogP contribution in [0.4, 0.5) is 0 Å². The van der Waals surface area contributed by atoms with Crippen LogP contribution in [-0.4, -0.2) is 20.0 Å². The smallest absolute Gasteiger partial charge is 0.193 e. The van der Waals surface area contributed by atoms with E-state index in [9.17, 15) is 4.79 Å². The Morgan fingerprint density at radius 2 is 1.42 bits per heavy atom. The lowest BCUT2D eigenvalue weighted by atomic mass is 10.0. The van der Waals surface area contributed by atoms with Crippen LogP contribution in [0.15, 0.2) is 42.5 Å². The van der Waals surface area contributed by atoms with Crippen molar-refractivity contribution >= 4 is 28.4 Å². The fourth-order valence-corrected chi connectivity index (χ4v) is 2.07. The Balaban J connectivity index is 2.40. The van der Waals surface area contributed by atoms with E-state index in [-0.39, 0.29) is 5.78 Å². The maximum atomic E-state index is 12.4. The van der Waals surface area contributed by atoms with Crippen molar-refractivity contribution in [2.75, 3.05) is 14.2 Å². The summed E-state index contributed by atoms with van der Waals surface area (Å²) in [5.74, 6) is 1.16. The molecule has 2 aromatic carbocycles. The van der Waals surface area contributed by atoms with Gasteiger partial charge in [-0.15, -0.1) is 0 Å². The Hall–Kier alpha value is -1.56. The van der Waals surface area contributed by atoms with Crippen molar-refractivity contribution in [1.29, 1.82) is 0 Å². The molecule has 0 aliphatic heterocycles. The molecule has 0 atom stereocenters. The quantitative estimate of drug-likeness (QED) is 0.612. The maximum Gasteiger partial charge on any atom is 0.193 e. The van der Waals surface area contributed by atoms with Gasteiger partial charge >= 0.3 is 0 Å². The molecule has 0 saturated carbocycles. The zero-order valence-corrected chi connectivity index (χ0v) is 12.8. The number of benzene rings is 2. The Bertz CT molecular complexity index is 569. The summed E-state index contributed by atoms with van der Waals surface area (Å²) < 4.78 is 11.4. The molecule has 3 nitrogen and oxygen atoms in total. The summed E-state index contributed by atoms with van der Waals surface area (Å²) in [6.45, 7) is 0. The normalized spacial score (nSPS) is 10.1. The van der Waals surface area contributed by atoms with Gasteiger partial charge in [-0.1, -0.05) is 0 Å². The number of carbonyl (C=O) groups excluding carboxylic acids is 1. The van der Waals surface area contributed by atoms with Crippen molar-refractivity contribution < 1.29 is 14.3 Å². The third kappa shape index (κ3) is 3.26. The third-order valence-electron chi connectivity index (χ3n) is 2.72. The van der Waals surface area contributed by atoms with Crippen LogP contribution in [0.2, 0.25) is 0 Å². The van der Waals surface area contributed by atoms with Gasteiger partial charge in [0.25, 0.3) is 0 Å². The highest BCUT2D eigenvalue weighted by molar-refractivity contribution is 14.1. The van der Waals surface area contributed by atoms with E-state index in [1.54, 1.807) is 32.4 Å². The number of ether oxygens (including phenoxy) is 2. The van der Waals surface area contributed by atoms with E-state index in [0.29, 0.717) is 22.6 Å². The fraction of sp³-hybridized carbons (Fsp3) is 0.133. The number of carbonyl (C=O) groups is 1. The summed E-state index contributed by atoms with van der Waals surface area (Å²) in [6.07, 6.45) is 0. The van der Waals surface area contributed by atoms with Crippen molar-refractivity contribution in [3.8, 4) is 11.5 Å². The molecule has 0 bridgehead atoms. The zero-order chi connectivity index (χ0) is 13.8. The highest BCUT2D eigenvalue weighted by atomic mass is 127. The maximum absolute atomic E-state index is 12.4. The molecule has 2 aromatic rings. The molecule has 0 N–H and O–H groups in total. The van der Waals surface area contributed by atoms with Gasteiger partial charge in [-0.25, -0.2) is 0 Å². The van der Waals surface area contributed by atoms with Crippen LogP contribution < -0.4 is 9.47 Å². The molecule has 0 fully saturated rings. The summed E-state index contributed by atoms with van der Waals surface area (Å²) in [7, 11) is 3.13. The van der Waals surface area contributed by atoms with Gasteiger partial charge in [0.2, 0.25) is 0 Å². The van der Waals surface area contributed by atoms with Crippen LogP contribution in [0.25, 0.3) is 0 Å². The van der Waals surface area contributed by atoms with Crippen LogP contribution in [0.5, 0.6) is 11.5 Å². The standard InChI is InChI=1S/C15H13IO3/c1-18-13-7-11(8-14(9-13)19-2)15(17)10-3-5-12(16)6-4-10/h3-9H,1-2H3. The summed E-state index contributed by atoms with van der Waals surface area (Å²) in [5, 5.41) is 0. The second-order valence-corrected chi connectivity index (χ2v) is 5.18. The number of hydrogen-bond acceptors (Lipinski definition) is 3. The van der Waals surface area contributed by atoms with Crippen molar-refractivity contribution in [2.24, 2.45) is 0 Å². The Morgan fingerprint density at radius 3 is 1.89 bits per heavy atom. The van der Waals surface area contributed by atoms with E-state index in [4.69, 9.17) is 9.47 Å². The number of halogens is 1. The van der Waals surface area contributed by atoms with Crippen molar-refractivity contribution in [3.63, 3.8) is 0 Å². The molecule has 0 aliphatic carbocycles. The number of methoxy groups -OCH3 is 2. The lowest BCUT2D eigenvalue weighted by molar-refractivity contribution is 0.103. The number of ketones is 1. The van der Waals surface area contributed by atoms with E-state index < -0.39 is 0 Å². The lowest BCUT2D eigenvalue weighted by Crippen LogP contribution is -2.02. The minimum absolute atomic E-state index is 0.0476. The monoisotopic (exact) mass is 368 g/mol. The lowest BCUT2D eigenvalue weighted by Gasteiger charge is -2.08. The topological polar surface area (TPSA) is 35.5 Å². The van der Waals surface area contributed by atoms with Gasteiger partial charge in [0.1, 0.15) is 11.5 Å². The summed E-state index contributed by atoms with van der Waals surface area (Å²) in [6, 6.07) is 12.6. The predicted molar refractivity (Wildman–Crippen MR) is 82.1 cm³/mol. The molecule has 0 spiro atoms. The van der Waals surface area contributed by atoms with Gasteiger partial charge in [0, 0.05) is 20.8 Å². The molecule has 0 aromatic heterocycles. The predicted octanol–water partition coefficient (Wildman–Crippen LogP) is 3.54. The zero-order valence-electron chi connectivity index (χ0n) is 10.6. The molecule has 4 heteroatoms. The second kappa shape index (κ2) is 6.06. The second-order valence-electron chi connectivity index (χ2n) is 3.94. The average molecular weight is 368 g/mol. The molecule has 0 unspecified atom stereocenters. The first kappa shape index (κ1) is 13.9. The summed E-state index contributed by atoms with van der Waals surface area (Å²) >= 11 is 2.21. The van der Waals surface area contributed by atoms with Crippen LogP contribution in [0.1, 0.15) is 15.9 Å². The highest BCUT2D eigenvalue weighted by Gasteiger charge is 2.12.